The van der Waals surface area contributed by atoms with E-state index in [0.717, 1.165) is 17.7 Å². The summed E-state index contributed by atoms with van der Waals surface area (Å²) in [5, 5.41) is 16.5. The molecule has 0 unspecified atom stereocenters. The number of carboxylic acids is 1. The summed E-state index contributed by atoms with van der Waals surface area (Å²) in [6.45, 7) is 0. The maximum Gasteiger partial charge on any atom is 0.308 e. The number of thiophene rings is 1. The van der Waals surface area contributed by atoms with Crippen molar-refractivity contribution in [1.29, 1.82) is 0 Å². The Morgan fingerprint density at radius 3 is 2.79 bits per heavy atom. The number of hydrogen-bond donors (Lipinski definition) is 1. The first-order valence-corrected chi connectivity index (χ1v) is 7.71. The molecule has 1 aromatic carbocycles. The zero-order valence-corrected chi connectivity index (χ0v) is 12.9. The summed E-state index contributed by atoms with van der Waals surface area (Å²) >= 11 is 1.46. The molecule has 2 aromatic heterocycles. The lowest BCUT2D eigenvalue weighted by Gasteiger charge is -2.01. The molecule has 8 heteroatoms. The van der Waals surface area contributed by atoms with Gasteiger partial charge in [-0.15, -0.1) is 0 Å². The molecule has 1 N–H and O–H groups in total. The molecule has 5 nitrogen and oxygen atoms in total. The van der Waals surface area contributed by atoms with Crippen LogP contribution in [0.3, 0.4) is 0 Å². The average molecular weight is 348 g/mol. The quantitative estimate of drug-likeness (QED) is 0.751. The van der Waals surface area contributed by atoms with Crippen LogP contribution in [0.1, 0.15) is 17.9 Å². The fourth-order valence-corrected chi connectivity index (χ4v) is 2.65. The van der Waals surface area contributed by atoms with Gasteiger partial charge >= 0.3 is 5.97 Å². The zero-order valence-electron chi connectivity index (χ0n) is 12.1. The maximum absolute atomic E-state index is 13.3. The molecule has 0 atom stereocenters. The Bertz CT molecular complexity index is 904. The van der Waals surface area contributed by atoms with Crippen molar-refractivity contribution in [2.75, 3.05) is 0 Å². The second-order valence-electron chi connectivity index (χ2n) is 4.85. The molecule has 3 aromatic rings. The molecule has 2 heterocycles. The number of nitrogens with zero attached hydrogens (tertiary/aromatic N) is 2. The molecular weight excluding hydrogens is 338 g/mol. The van der Waals surface area contributed by atoms with Gasteiger partial charge < -0.3 is 9.63 Å². The minimum Gasteiger partial charge on any atom is -0.481 e. The monoisotopic (exact) mass is 348 g/mol. The summed E-state index contributed by atoms with van der Waals surface area (Å²) in [4.78, 5) is 15.2. The van der Waals surface area contributed by atoms with E-state index in [1.54, 1.807) is 6.07 Å². The van der Waals surface area contributed by atoms with Crippen LogP contribution in [-0.4, -0.2) is 21.2 Å². The molecule has 0 saturated carbocycles. The van der Waals surface area contributed by atoms with Gasteiger partial charge in [-0.1, -0.05) is 11.2 Å². The number of carbonyl (C=O) groups is 1. The van der Waals surface area contributed by atoms with E-state index < -0.39 is 24.0 Å². The highest BCUT2D eigenvalue weighted by atomic mass is 32.1. The molecule has 0 aliphatic rings. The summed E-state index contributed by atoms with van der Waals surface area (Å²) in [5.41, 5.74) is 1.24. The van der Waals surface area contributed by atoms with Crippen LogP contribution in [0.15, 0.2) is 39.5 Å². The lowest BCUT2D eigenvalue weighted by atomic mass is 10.1. The van der Waals surface area contributed by atoms with Gasteiger partial charge in [-0.25, -0.2) is 8.78 Å². The third kappa shape index (κ3) is 3.54. The summed E-state index contributed by atoms with van der Waals surface area (Å²) in [6.07, 6.45) is 0.978. The Hall–Kier alpha value is -2.87. The highest BCUT2D eigenvalue weighted by Gasteiger charge is 2.16. The van der Waals surface area contributed by atoms with Gasteiger partial charge in [0.15, 0.2) is 11.6 Å². The van der Waals surface area contributed by atoms with Crippen molar-refractivity contribution in [3.05, 3.63) is 58.1 Å². The van der Waals surface area contributed by atoms with Crippen LogP contribution < -0.4 is 0 Å². The molecule has 0 fully saturated rings. The van der Waals surface area contributed by atoms with Crippen LogP contribution in [0, 0.1) is 11.6 Å². The number of halogens is 2. The minimum atomic E-state index is -1.11. The van der Waals surface area contributed by atoms with Gasteiger partial charge in [0.05, 0.1) is 6.42 Å². The number of benzene rings is 1. The maximum atomic E-state index is 13.3. The van der Waals surface area contributed by atoms with E-state index >= 15 is 0 Å². The van der Waals surface area contributed by atoms with Crippen LogP contribution in [0.5, 0.6) is 0 Å². The van der Waals surface area contributed by atoms with Crippen LogP contribution in [0.2, 0.25) is 0 Å². The highest BCUT2D eigenvalue weighted by molar-refractivity contribution is 7.08. The van der Waals surface area contributed by atoms with Crippen molar-refractivity contribution in [2.45, 2.75) is 6.42 Å². The molecular formula is C16H10F2N2O3S. The molecule has 24 heavy (non-hydrogen) atoms. The number of aliphatic carboxylic acids is 1. The van der Waals surface area contributed by atoms with E-state index in [4.69, 9.17) is 9.63 Å². The van der Waals surface area contributed by atoms with Crippen molar-refractivity contribution >= 4 is 29.0 Å². The van der Waals surface area contributed by atoms with Gasteiger partial charge in [-0.3, -0.25) is 4.79 Å². The molecule has 0 radical (unpaired) electrons. The van der Waals surface area contributed by atoms with Crippen molar-refractivity contribution < 1.29 is 23.2 Å². The Morgan fingerprint density at radius 1 is 1.29 bits per heavy atom. The van der Waals surface area contributed by atoms with Gasteiger partial charge in [-0.2, -0.15) is 16.3 Å². The summed E-state index contributed by atoms with van der Waals surface area (Å²) in [5.74, 6) is -2.78. The zero-order chi connectivity index (χ0) is 17.1. The van der Waals surface area contributed by atoms with Gasteiger partial charge in [-0.05, 0) is 35.2 Å². The molecule has 0 bridgehead atoms. The normalized spacial score (nSPS) is 11.7. The fourth-order valence-electron chi connectivity index (χ4n) is 2.02. The van der Waals surface area contributed by atoms with Crippen molar-refractivity contribution in [2.24, 2.45) is 0 Å². The summed E-state index contributed by atoms with van der Waals surface area (Å²) in [6, 6.07) is 5.06. The van der Waals surface area contributed by atoms with Gasteiger partial charge in [0.25, 0.3) is 5.89 Å². The molecule has 0 aliphatic heterocycles. The summed E-state index contributed by atoms with van der Waals surface area (Å²) < 4.78 is 31.4. The Labute approximate surface area is 138 Å². The van der Waals surface area contributed by atoms with Gasteiger partial charge in [0.1, 0.15) is 0 Å². The van der Waals surface area contributed by atoms with Crippen LogP contribution in [0.4, 0.5) is 8.78 Å². The van der Waals surface area contributed by atoms with E-state index in [9.17, 15) is 13.6 Å². The van der Waals surface area contributed by atoms with E-state index in [1.165, 1.54) is 23.5 Å². The third-order valence-corrected chi connectivity index (χ3v) is 3.79. The van der Waals surface area contributed by atoms with Crippen LogP contribution in [-0.2, 0) is 4.79 Å². The summed E-state index contributed by atoms with van der Waals surface area (Å²) in [7, 11) is 0. The van der Waals surface area contributed by atoms with Crippen LogP contribution >= 0.6 is 11.3 Å². The van der Waals surface area contributed by atoms with Crippen molar-refractivity contribution in [3.63, 3.8) is 0 Å². The Balaban J connectivity index is 1.98. The van der Waals surface area contributed by atoms with E-state index in [2.05, 4.69) is 10.1 Å². The van der Waals surface area contributed by atoms with E-state index in [-0.39, 0.29) is 11.5 Å². The van der Waals surface area contributed by atoms with E-state index in [0.29, 0.717) is 11.4 Å². The number of aromatic nitrogens is 2. The molecule has 0 amide bonds. The molecule has 0 saturated heterocycles. The second kappa shape index (κ2) is 6.71. The minimum absolute atomic E-state index is 0.0170. The van der Waals surface area contributed by atoms with Crippen molar-refractivity contribution in [3.8, 4) is 11.4 Å². The first kappa shape index (κ1) is 16.0. The number of carboxylic acid groups (broad SMARTS) is 1. The smallest absolute Gasteiger partial charge is 0.308 e. The number of rotatable bonds is 5. The second-order valence-corrected chi connectivity index (χ2v) is 5.63. The first-order chi connectivity index (χ1) is 11.5. The average Bonchev–Trinajstić information content (AvgIpc) is 3.20. The largest absolute Gasteiger partial charge is 0.481 e. The van der Waals surface area contributed by atoms with E-state index in [1.807, 2.05) is 10.8 Å². The topological polar surface area (TPSA) is 76.2 Å². The fraction of sp³-hybridized carbons (Fsp3) is 0.0625. The van der Waals surface area contributed by atoms with Gasteiger partial charge in [0.2, 0.25) is 5.82 Å². The highest BCUT2D eigenvalue weighted by Crippen LogP contribution is 2.25. The predicted octanol–water partition coefficient (Wildman–Crippen LogP) is 4.09. The Morgan fingerprint density at radius 2 is 2.12 bits per heavy atom. The first-order valence-electron chi connectivity index (χ1n) is 6.77. The lowest BCUT2D eigenvalue weighted by Crippen LogP contribution is -1.98. The molecule has 3 rings (SSSR count). The lowest BCUT2D eigenvalue weighted by molar-refractivity contribution is -0.135. The number of hydrogen-bond acceptors (Lipinski definition) is 5. The third-order valence-electron chi connectivity index (χ3n) is 3.11. The van der Waals surface area contributed by atoms with Crippen LogP contribution in [0.25, 0.3) is 23.0 Å². The molecule has 0 spiro atoms. The standard InChI is InChI=1S/C16H10F2N2O3S/c17-12-2-1-9(6-13(12)18)5-11(7-14(21)22)16-19-15(20-23-16)10-3-4-24-8-10/h1-6,8H,7H2,(H,21,22)/b11-5+. The molecule has 122 valence electrons. The van der Waals surface area contributed by atoms with Gasteiger partial charge in [0, 0.05) is 16.5 Å². The predicted molar refractivity (Wildman–Crippen MR) is 84.1 cm³/mol. The Kier molecular flexibility index (Phi) is 4.48. The van der Waals surface area contributed by atoms with Crippen molar-refractivity contribution in [1.82, 2.24) is 10.1 Å². The molecule has 0 aliphatic carbocycles. The SMILES string of the molecule is O=C(O)C/C(=C\c1ccc(F)c(F)c1)c1nc(-c2ccsc2)no1.